The number of Topliss-reactive ketones (excluding diaryl/α,β-unsaturated/α-hetero) is 1. The second-order valence-electron chi connectivity index (χ2n) is 3.48. The number of carbonyl (C=O) groups excluding carboxylic acids is 2. The number of hydrogen-bond donors (Lipinski definition) is 2. The zero-order valence-electron chi connectivity index (χ0n) is 8.57. The van der Waals surface area contributed by atoms with Gasteiger partial charge in [0.05, 0.1) is 6.04 Å². The van der Waals surface area contributed by atoms with Crippen LogP contribution in [0.2, 0.25) is 0 Å². The van der Waals surface area contributed by atoms with Crippen LogP contribution in [0.1, 0.15) is 22.8 Å². The second kappa shape index (κ2) is 4.70. The molecule has 0 radical (unpaired) electrons. The van der Waals surface area contributed by atoms with E-state index in [0.29, 0.717) is 12.0 Å². The van der Waals surface area contributed by atoms with Crippen molar-refractivity contribution in [2.24, 2.45) is 11.5 Å². The van der Waals surface area contributed by atoms with E-state index in [1.54, 1.807) is 24.3 Å². The molecule has 0 spiro atoms. The van der Waals surface area contributed by atoms with Gasteiger partial charge >= 0.3 is 0 Å². The monoisotopic (exact) mass is 206 g/mol. The minimum atomic E-state index is -0.482. The molecular formula is C11H14N2O2. The maximum atomic E-state index is 10.9. The minimum absolute atomic E-state index is 0.0472. The Morgan fingerprint density at radius 3 is 2.20 bits per heavy atom. The molecule has 4 nitrogen and oxygen atoms in total. The van der Waals surface area contributed by atoms with Crippen LogP contribution in [-0.2, 0) is 11.2 Å². The number of benzene rings is 1. The standard InChI is InChI=1S/C11H14N2O2/c1-7(14)10(12)6-8-2-4-9(5-3-8)11(13)15/h2-5,10H,6,12H2,1H3,(H2,13,15). The number of carbonyl (C=O) groups is 2. The van der Waals surface area contributed by atoms with Gasteiger partial charge in [-0.1, -0.05) is 12.1 Å². The molecule has 4 N–H and O–H groups in total. The summed E-state index contributed by atoms with van der Waals surface area (Å²) in [5, 5.41) is 0. The van der Waals surface area contributed by atoms with E-state index in [4.69, 9.17) is 11.5 Å². The molecule has 1 aromatic carbocycles. The van der Waals surface area contributed by atoms with Crippen molar-refractivity contribution in [2.75, 3.05) is 0 Å². The Morgan fingerprint density at radius 2 is 1.80 bits per heavy atom. The number of amides is 1. The molecule has 80 valence electrons. The molecule has 1 aromatic rings. The van der Waals surface area contributed by atoms with Crippen LogP contribution in [0, 0.1) is 0 Å². The van der Waals surface area contributed by atoms with E-state index in [-0.39, 0.29) is 5.78 Å². The van der Waals surface area contributed by atoms with Gasteiger partial charge in [0, 0.05) is 5.56 Å². The van der Waals surface area contributed by atoms with E-state index in [1.807, 2.05) is 0 Å². The molecule has 0 fully saturated rings. The smallest absolute Gasteiger partial charge is 0.248 e. The fourth-order valence-corrected chi connectivity index (χ4v) is 1.20. The van der Waals surface area contributed by atoms with Crippen LogP contribution in [0.4, 0.5) is 0 Å². The first-order valence-corrected chi connectivity index (χ1v) is 4.65. The molecule has 1 unspecified atom stereocenters. The predicted molar refractivity (Wildman–Crippen MR) is 57.3 cm³/mol. The zero-order valence-corrected chi connectivity index (χ0v) is 8.57. The highest BCUT2D eigenvalue weighted by Gasteiger charge is 2.09. The molecule has 1 atom stereocenters. The molecule has 1 rings (SSSR count). The number of hydrogen-bond acceptors (Lipinski definition) is 3. The summed E-state index contributed by atoms with van der Waals surface area (Å²) in [6, 6.07) is 6.28. The molecule has 4 heteroatoms. The molecule has 0 saturated heterocycles. The van der Waals surface area contributed by atoms with Crippen molar-refractivity contribution in [3.8, 4) is 0 Å². The first-order valence-electron chi connectivity index (χ1n) is 4.65. The number of primary amides is 1. The first-order chi connectivity index (χ1) is 7.00. The highest BCUT2D eigenvalue weighted by Crippen LogP contribution is 2.06. The van der Waals surface area contributed by atoms with Crippen LogP contribution in [0.3, 0.4) is 0 Å². The van der Waals surface area contributed by atoms with Crippen molar-refractivity contribution in [1.29, 1.82) is 0 Å². The molecule has 1 amide bonds. The summed E-state index contributed by atoms with van der Waals surface area (Å²) >= 11 is 0. The van der Waals surface area contributed by atoms with Gasteiger partial charge in [0.2, 0.25) is 5.91 Å². The van der Waals surface area contributed by atoms with E-state index in [0.717, 1.165) is 5.56 Å². The van der Waals surface area contributed by atoms with Gasteiger partial charge in [-0.25, -0.2) is 0 Å². The summed E-state index contributed by atoms with van der Waals surface area (Å²) in [4.78, 5) is 21.7. The Bertz CT molecular complexity index is 371. The summed E-state index contributed by atoms with van der Waals surface area (Å²) in [5.41, 5.74) is 12.1. The van der Waals surface area contributed by atoms with Gasteiger partial charge in [0.25, 0.3) is 0 Å². The van der Waals surface area contributed by atoms with Crippen LogP contribution < -0.4 is 11.5 Å². The van der Waals surface area contributed by atoms with Crippen molar-refractivity contribution in [3.05, 3.63) is 35.4 Å². The normalized spacial score (nSPS) is 12.1. The van der Waals surface area contributed by atoms with Crippen molar-refractivity contribution >= 4 is 11.7 Å². The molecule has 0 saturated carbocycles. The molecular weight excluding hydrogens is 192 g/mol. The van der Waals surface area contributed by atoms with Crippen LogP contribution in [0.15, 0.2) is 24.3 Å². The lowest BCUT2D eigenvalue weighted by atomic mass is 10.0. The second-order valence-corrected chi connectivity index (χ2v) is 3.48. The van der Waals surface area contributed by atoms with E-state index in [2.05, 4.69) is 0 Å². The third-order valence-electron chi connectivity index (χ3n) is 2.22. The van der Waals surface area contributed by atoms with Crippen molar-refractivity contribution in [2.45, 2.75) is 19.4 Å². The highest BCUT2D eigenvalue weighted by molar-refractivity contribution is 5.92. The van der Waals surface area contributed by atoms with E-state index >= 15 is 0 Å². The van der Waals surface area contributed by atoms with E-state index in [9.17, 15) is 9.59 Å². The van der Waals surface area contributed by atoms with Gasteiger partial charge in [0.1, 0.15) is 5.78 Å². The third-order valence-corrected chi connectivity index (χ3v) is 2.22. The molecule has 0 heterocycles. The van der Waals surface area contributed by atoms with Gasteiger partial charge < -0.3 is 11.5 Å². The lowest BCUT2D eigenvalue weighted by molar-refractivity contribution is -0.118. The summed E-state index contributed by atoms with van der Waals surface area (Å²) in [6.07, 6.45) is 0.481. The minimum Gasteiger partial charge on any atom is -0.366 e. The Balaban J connectivity index is 2.72. The maximum Gasteiger partial charge on any atom is 0.248 e. The Hall–Kier alpha value is -1.68. The maximum absolute atomic E-state index is 10.9. The predicted octanol–water partition coefficient (Wildman–Crippen LogP) is 0.244. The largest absolute Gasteiger partial charge is 0.366 e. The highest BCUT2D eigenvalue weighted by atomic mass is 16.1. The molecule has 0 aromatic heterocycles. The molecule has 0 aliphatic rings. The van der Waals surface area contributed by atoms with Gasteiger partial charge in [-0.3, -0.25) is 9.59 Å². The Labute approximate surface area is 88.3 Å². The molecule has 0 aliphatic heterocycles. The Kier molecular flexibility index (Phi) is 3.57. The lowest BCUT2D eigenvalue weighted by Gasteiger charge is -2.07. The first kappa shape index (κ1) is 11.4. The SMILES string of the molecule is CC(=O)C(N)Cc1ccc(C(N)=O)cc1. The van der Waals surface area contributed by atoms with Crippen molar-refractivity contribution in [1.82, 2.24) is 0 Å². The van der Waals surface area contributed by atoms with Gasteiger partial charge in [-0.15, -0.1) is 0 Å². The zero-order chi connectivity index (χ0) is 11.4. The van der Waals surface area contributed by atoms with Gasteiger partial charge in [0.15, 0.2) is 0 Å². The van der Waals surface area contributed by atoms with Crippen LogP contribution >= 0.6 is 0 Å². The molecule has 15 heavy (non-hydrogen) atoms. The number of nitrogens with two attached hydrogens (primary N) is 2. The summed E-state index contributed by atoms with van der Waals surface area (Å²) in [5.74, 6) is -0.508. The number of ketones is 1. The fraction of sp³-hybridized carbons (Fsp3) is 0.273. The lowest BCUT2D eigenvalue weighted by Crippen LogP contribution is -2.30. The average molecular weight is 206 g/mol. The summed E-state index contributed by atoms with van der Waals surface area (Å²) in [6.45, 7) is 1.46. The van der Waals surface area contributed by atoms with E-state index < -0.39 is 11.9 Å². The quantitative estimate of drug-likeness (QED) is 0.740. The average Bonchev–Trinajstić information content (AvgIpc) is 2.18. The van der Waals surface area contributed by atoms with Crippen molar-refractivity contribution < 1.29 is 9.59 Å². The van der Waals surface area contributed by atoms with Crippen LogP contribution in [0.5, 0.6) is 0 Å². The fourth-order valence-electron chi connectivity index (χ4n) is 1.20. The molecule has 0 aliphatic carbocycles. The number of rotatable bonds is 4. The van der Waals surface area contributed by atoms with Gasteiger partial charge in [-0.05, 0) is 31.0 Å². The van der Waals surface area contributed by atoms with E-state index in [1.165, 1.54) is 6.92 Å². The van der Waals surface area contributed by atoms with Crippen LogP contribution in [-0.4, -0.2) is 17.7 Å². The summed E-state index contributed by atoms with van der Waals surface area (Å²) < 4.78 is 0. The van der Waals surface area contributed by atoms with Gasteiger partial charge in [-0.2, -0.15) is 0 Å². The van der Waals surface area contributed by atoms with Crippen LogP contribution in [0.25, 0.3) is 0 Å². The third kappa shape index (κ3) is 3.18. The van der Waals surface area contributed by atoms with Crippen molar-refractivity contribution in [3.63, 3.8) is 0 Å². The molecule has 0 bridgehead atoms. The summed E-state index contributed by atoms with van der Waals surface area (Å²) in [7, 11) is 0. The Morgan fingerprint density at radius 1 is 1.27 bits per heavy atom. The topological polar surface area (TPSA) is 86.2 Å².